The fraction of sp³-hybridized carbons (Fsp3) is 0.421. The molecule has 1 fully saturated rings. The van der Waals surface area contributed by atoms with Gasteiger partial charge in [-0.1, -0.05) is 6.07 Å². The van der Waals surface area contributed by atoms with Gasteiger partial charge in [-0.2, -0.15) is 0 Å². The van der Waals surface area contributed by atoms with Gasteiger partial charge < -0.3 is 15.4 Å². The maximum atomic E-state index is 12.3. The Bertz CT molecular complexity index is 730. The molecule has 2 aromatic heterocycles. The molecule has 7 nitrogen and oxygen atoms in total. The van der Waals surface area contributed by atoms with Gasteiger partial charge in [0.25, 0.3) is 0 Å². The van der Waals surface area contributed by atoms with Gasteiger partial charge in [-0.15, -0.1) is 0 Å². The molecule has 0 aliphatic carbocycles. The van der Waals surface area contributed by atoms with E-state index in [0.29, 0.717) is 11.6 Å². The van der Waals surface area contributed by atoms with E-state index in [0.717, 1.165) is 43.7 Å². The molecule has 0 spiro atoms. The Labute approximate surface area is 153 Å². The summed E-state index contributed by atoms with van der Waals surface area (Å²) < 4.78 is 5.20. The number of rotatable bonds is 5. The number of anilines is 1. The molecule has 0 unspecified atom stereocenters. The van der Waals surface area contributed by atoms with Crippen LogP contribution in [-0.2, 0) is 6.54 Å². The number of carbonyl (C=O) groups excluding carboxylic acids is 1. The van der Waals surface area contributed by atoms with Gasteiger partial charge in [-0.05, 0) is 43.5 Å². The molecule has 0 aromatic carbocycles. The molecule has 1 saturated heterocycles. The predicted octanol–water partition coefficient (Wildman–Crippen LogP) is 2.58. The van der Waals surface area contributed by atoms with Crippen LogP contribution in [0.15, 0.2) is 36.7 Å². The number of hydrogen-bond acceptors (Lipinski definition) is 5. The van der Waals surface area contributed by atoms with Crippen molar-refractivity contribution in [2.24, 2.45) is 0 Å². The van der Waals surface area contributed by atoms with Gasteiger partial charge in [-0.25, -0.2) is 9.78 Å². The highest BCUT2D eigenvalue weighted by atomic mass is 16.5. The number of piperidine rings is 1. The average molecular weight is 355 g/mol. The molecule has 26 heavy (non-hydrogen) atoms. The van der Waals surface area contributed by atoms with E-state index in [1.54, 1.807) is 6.20 Å². The molecule has 0 saturated carbocycles. The minimum Gasteiger partial charge on any atom is -0.480 e. The highest BCUT2D eigenvalue weighted by molar-refractivity contribution is 5.90. The molecule has 0 radical (unpaired) electrons. The molecule has 1 aliphatic heterocycles. The second-order valence-electron chi connectivity index (χ2n) is 6.54. The van der Waals surface area contributed by atoms with Crippen LogP contribution in [0.25, 0.3) is 0 Å². The fourth-order valence-electron chi connectivity index (χ4n) is 3.11. The number of likely N-dealkylation sites (tertiary alicyclic amines) is 1. The molecule has 0 bridgehead atoms. The molecule has 138 valence electrons. The number of pyridine rings is 2. The first-order chi connectivity index (χ1) is 12.6. The van der Waals surface area contributed by atoms with Crippen molar-refractivity contribution < 1.29 is 9.53 Å². The van der Waals surface area contributed by atoms with Gasteiger partial charge in [0.1, 0.15) is 5.69 Å². The fourth-order valence-corrected chi connectivity index (χ4v) is 3.11. The van der Waals surface area contributed by atoms with Crippen molar-refractivity contribution in [1.29, 1.82) is 0 Å². The van der Waals surface area contributed by atoms with Gasteiger partial charge in [0.2, 0.25) is 5.88 Å². The zero-order valence-corrected chi connectivity index (χ0v) is 15.2. The molecular weight excluding hydrogens is 330 g/mol. The predicted molar refractivity (Wildman–Crippen MR) is 100 cm³/mol. The summed E-state index contributed by atoms with van der Waals surface area (Å²) in [5.41, 5.74) is 2.62. The van der Waals surface area contributed by atoms with E-state index >= 15 is 0 Å². The van der Waals surface area contributed by atoms with Crippen LogP contribution in [0.3, 0.4) is 0 Å². The lowest BCUT2D eigenvalue weighted by Gasteiger charge is -2.32. The van der Waals surface area contributed by atoms with Crippen LogP contribution in [0.2, 0.25) is 0 Å². The largest absolute Gasteiger partial charge is 0.480 e. The number of hydrogen-bond donors (Lipinski definition) is 2. The van der Waals surface area contributed by atoms with E-state index in [-0.39, 0.29) is 12.1 Å². The van der Waals surface area contributed by atoms with E-state index in [1.165, 1.54) is 7.11 Å². The van der Waals surface area contributed by atoms with Crippen LogP contribution >= 0.6 is 0 Å². The van der Waals surface area contributed by atoms with E-state index in [2.05, 4.69) is 25.5 Å². The van der Waals surface area contributed by atoms with Crippen molar-refractivity contribution in [3.8, 4) is 5.88 Å². The lowest BCUT2D eigenvalue weighted by molar-refractivity contribution is 0.188. The SMILES string of the molecule is COc1ncc(C)cc1NC(=O)NC1CCN(Cc2ccccn2)CC1. The summed E-state index contributed by atoms with van der Waals surface area (Å²) in [4.78, 5) is 23.2. The number of nitrogens with one attached hydrogen (secondary N) is 2. The summed E-state index contributed by atoms with van der Waals surface area (Å²) in [5, 5.41) is 5.89. The molecule has 1 aliphatic rings. The molecule has 3 rings (SSSR count). The third-order valence-electron chi connectivity index (χ3n) is 4.46. The summed E-state index contributed by atoms with van der Waals surface area (Å²) in [5.74, 6) is 0.413. The Hall–Kier alpha value is -2.67. The summed E-state index contributed by atoms with van der Waals surface area (Å²) in [7, 11) is 1.54. The quantitative estimate of drug-likeness (QED) is 0.862. The van der Waals surface area contributed by atoms with Crippen LogP contribution in [0, 0.1) is 6.92 Å². The molecular formula is C19H25N5O2. The topological polar surface area (TPSA) is 79.4 Å². The van der Waals surface area contributed by atoms with Gasteiger partial charge in [0.15, 0.2) is 0 Å². The Morgan fingerprint density at radius 1 is 1.31 bits per heavy atom. The second kappa shape index (κ2) is 8.62. The molecule has 2 amide bonds. The Morgan fingerprint density at radius 3 is 2.81 bits per heavy atom. The lowest BCUT2D eigenvalue weighted by atomic mass is 10.1. The third-order valence-corrected chi connectivity index (χ3v) is 4.46. The summed E-state index contributed by atoms with van der Waals surface area (Å²) >= 11 is 0. The number of aromatic nitrogens is 2. The van der Waals surface area contributed by atoms with Crippen molar-refractivity contribution >= 4 is 11.7 Å². The number of ether oxygens (including phenoxy) is 1. The maximum Gasteiger partial charge on any atom is 0.319 e. The van der Waals surface area contributed by atoms with E-state index in [1.807, 2.05) is 37.4 Å². The molecule has 7 heteroatoms. The Balaban J connectivity index is 1.47. The van der Waals surface area contributed by atoms with Crippen LogP contribution in [0.4, 0.5) is 10.5 Å². The monoisotopic (exact) mass is 355 g/mol. The van der Waals surface area contributed by atoms with Crippen LogP contribution in [0.1, 0.15) is 24.1 Å². The van der Waals surface area contributed by atoms with E-state index in [9.17, 15) is 4.79 Å². The van der Waals surface area contributed by atoms with Crippen LogP contribution in [0.5, 0.6) is 5.88 Å². The summed E-state index contributed by atoms with van der Waals surface area (Å²) in [6.45, 7) is 4.66. The minimum atomic E-state index is -0.223. The Morgan fingerprint density at radius 2 is 2.12 bits per heavy atom. The normalized spacial score (nSPS) is 15.5. The van der Waals surface area contributed by atoms with Crippen molar-refractivity contribution in [3.05, 3.63) is 47.9 Å². The lowest BCUT2D eigenvalue weighted by Crippen LogP contribution is -2.45. The average Bonchev–Trinajstić information content (AvgIpc) is 2.64. The van der Waals surface area contributed by atoms with Gasteiger partial charge >= 0.3 is 6.03 Å². The van der Waals surface area contributed by atoms with Gasteiger partial charge in [0.05, 0.1) is 12.8 Å². The number of aryl methyl sites for hydroxylation is 1. The Kier molecular flexibility index (Phi) is 6.01. The number of methoxy groups -OCH3 is 1. The van der Waals surface area contributed by atoms with E-state index < -0.39 is 0 Å². The minimum absolute atomic E-state index is 0.166. The zero-order chi connectivity index (χ0) is 18.4. The first-order valence-electron chi connectivity index (χ1n) is 8.84. The van der Waals surface area contributed by atoms with Crippen molar-refractivity contribution in [3.63, 3.8) is 0 Å². The maximum absolute atomic E-state index is 12.3. The van der Waals surface area contributed by atoms with Gasteiger partial charge in [0, 0.05) is 38.1 Å². The molecule has 2 N–H and O–H groups in total. The zero-order valence-electron chi connectivity index (χ0n) is 15.2. The first-order valence-corrected chi connectivity index (χ1v) is 8.84. The van der Waals surface area contributed by atoms with Crippen molar-refractivity contribution in [2.75, 3.05) is 25.5 Å². The van der Waals surface area contributed by atoms with Crippen molar-refractivity contribution in [1.82, 2.24) is 20.2 Å². The molecule has 0 atom stereocenters. The number of amides is 2. The molecule has 2 aromatic rings. The highest BCUT2D eigenvalue weighted by Gasteiger charge is 2.21. The van der Waals surface area contributed by atoms with Crippen LogP contribution in [-0.4, -0.2) is 47.1 Å². The number of nitrogens with zero attached hydrogens (tertiary/aromatic N) is 3. The van der Waals surface area contributed by atoms with Crippen LogP contribution < -0.4 is 15.4 Å². The second-order valence-corrected chi connectivity index (χ2v) is 6.54. The summed E-state index contributed by atoms with van der Waals surface area (Å²) in [6, 6.07) is 7.77. The smallest absolute Gasteiger partial charge is 0.319 e. The number of urea groups is 1. The van der Waals surface area contributed by atoms with E-state index in [4.69, 9.17) is 4.74 Å². The van der Waals surface area contributed by atoms with Gasteiger partial charge in [-0.3, -0.25) is 9.88 Å². The third kappa shape index (κ3) is 4.92. The van der Waals surface area contributed by atoms with Crippen molar-refractivity contribution in [2.45, 2.75) is 32.4 Å². The first kappa shape index (κ1) is 18.1. The highest BCUT2D eigenvalue weighted by Crippen LogP contribution is 2.22. The number of carbonyl (C=O) groups is 1. The molecule has 3 heterocycles. The summed E-state index contributed by atoms with van der Waals surface area (Å²) in [6.07, 6.45) is 5.37. The standard InChI is InChI=1S/C19H25N5O2/c1-14-11-17(18(26-2)21-12-14)23-19(25)22-15-6-9-24(10-7-15)13-16-5-3-4-8-20-16/h3-5,8,11-12,15H,6-7,9-10,13H2,1-2H3,(H2,22,23,25).